The average molecular weight is 274 g/mol. The van der Waals surface area contributed by atoms with Crippen molar-refractivity contribution in [3.05, 3.63) is 67.6 Å². The number of carbonyl (C=O) groups excluding carboxylic acids is 2. The van der Waals surface area contributed by atoms with Gasteiger partial charge in [0.25, 0.3) is 5.56 Å². The third-order valence-corrected chi connectivity index (χ3v) is 3.50. The molecule has 0 spiro atoms. The molecule has 1 heterocycles. The maximum absolute atomic E-state index is 12.3. The number of aryl methyl sites for hydroxylation is 1. The summed E-state index contributed by atoms with van der Waals surface area (Å²) in [7, 11) is 0. The minimum absolute atomic E-state index is 0.0150. The predicted octanol–water partition coefficient (Wildman–Crippen LogP) is 2.11. The second-order valence-electron chi connectivity index (χ2n) is 4.39. The van der Waals surface area contributed by atoms with E-state index < -0.39 is 5.78 Å². The minimum Gasteiger partial charge on any atom is -0.318 e. The second kappa shape index (κ2) is 3.90. The fourth-order valence-corrected chi connectivity index (χ4v) is 2.47. The normalized spacial score (nSPS) is 13.2. The summed E-state index contributed by atoms with van der Waals surface area (Å²) >= 11 is 5.97. The van der Waals surface area contributed by atoms with Crippen molar-refractivity contribution in [2.45, 2.75) is 6.92 Å². The zero-order valence-electron chi connectivity index (χ0n) is 9.91. The fraction of sp³-hybridized carbons (Fsp3) is 0.0714. The lowest BCUT2D eigenvalue weighted by Crippen LogP contribution is -2.27. The summed E-state index contributed by atoms with van der Waals surface area (Å²) in [6.45, 7) is 1.59. The van der Waals surface area contributed by atoms with E-state index >= 15 is 0 Å². The maximum atomic E-state index is 12.3. The molecule has 5 heteroatoms. The standard InChI is InChI=1S/C14H8ClNO3/c1-6-5-8-11(16-14(6)19)13(18)10-7(12(8)17)3-2-4-9(10)15/h2-5H,1H3,(H,16,19). The lowest BCUT2D eigenvalue weighted by atomic mass is 9.86. The average Bonchev–Trinajstić information content (AvgIpc) is 2.38. The number of aromatic amines is 1. The van der Waals surface area contributed by atoms with Crippen molar-refractivity contribution in [2.24, 2.45) is 0 Å². The molecule has 0 bridgehead atoms. The van der Waals surface area contributed by atoms with Crippen LogP contribution in [-0.2, 0) is 0 Å². The van der Waals surface area contributed by atoms with Gasteiger partial charge in [0.05, 0.1) is 16.1 Å². The van der Waals surface area contributed by atoms with Crippen molar-refractivity contribution in [1.82, 2.24) is 4.98 Å². The van der Waals surface area contributed by atoms with E-state index in [2.05, 4.69) is 4.98 Å². The van der Waals surface area contributed by atoms with Crippen LogP contribution in [0, 0.1) is 6.92 Å². The minimum atomic E-state index is -0.424. The number of benzene rings is 1. The van der Waals surface area contributed by atoms with E-state index in [1.807, 2.05) is 0 Å². The Bertz CT molecular complexity index is 805. The molecular weight excluding hydrogens is 266 g/mol. The van der Waals surface area contributed by atoms with Crippen LogP contribution in [0.1, 0.15) is 37.5 Å². The molecule has 0 radical (unpaired) electrons. The van der Waals surface area contributed by atoms with Crippen molar-refractivity contribution in [3.8, 4) is 0 Å². The molecule has 4 nitrogen and oxygen atoms in total. The van der Waals surface area contributed by atoms with Gasteiger partial charge in [0.15, 0.2) is 5.78 Å². The molecular formula is C14H8ClNO3. The number of rotatable bonds is 0. The number of H-pyrrole nitrogens is 1. The number of halogens is 1. The summed E-state index contributed by atoms with van der Waals surface area (Å²) in [6.07, 6.45) is 0. The highest BCUT2D eigenvalue weighted by Crippen LogP contribution is 2.30. The van der Waals surface area contributed by atoms with Gasteiger partial charge < -0.3 is 4.98 Å². The first-order valence-corrected chi connectivity index (χ1v) is 6.00. The van der Waals surface area contributed by atoms with E-state index in [1.54, 1.807) is 25.1 Å². The van der Waals surface area contributed by atoms with Crippen LogP contribution in [0.4, 0.5) is 0 Å². The molecule has 1 aliphatic rings. The molecule has 94 valence electrons. The van der Waals surface area contributed by atoms with Gasteiger partial charge in [0, 0.05) is 11.1 Å². The molecule has 19 heavy (non-hydrogen) atoms. The smallest absolute Gasteiger partial charge is 0.251 e. The number of aromatic nitrogens is 1. The molecule has 0 saturated heterocycles. The molecule has 2 aromatic rings. The number of hydrogen-bond donors (Lipinski definition) is 1. The monoisotopic (exact) mass is 273 g/mol. The Morgan fingerprint density at radius 3 is 2.53 bits per heavy atom. The Morgan fingerprint density at radius 2 is 1.79 bits per heavy atom. The first-order valence-electron chi connectivity index (χ1n) is 5.62. The quantitative estimate of drug-likeness (QED) is 0.682. The van der Waals surface area contributed by atoms with Crippen LogP contribution in [0.5, 0.6) is 0 Å². The van der Waals surface area contributed by atoms with Crippen molar-refractivity contribution >= 4 is 23.2 Å². The molecule has 0 atom stereocenters. The molecule has 1 aliphatic carbocycles. The highest BCUT2D eigenvalue weighted by molar-refractivity contribution is 6.38. The fourth-order valence-electron chi connectivity index (χ4n) is 2.21. The van der Waals surface area contributed by atoms with Crippen LogP contribution in [-0.4, -0.2) is 16.6 Å². The molecule has 1 N–H and O–H groups in total. The summed E-state index contributed by atoms with van der Waals surface area (Å²) in [6, 6.07) is 6.17. The Hall–Kier alpha value is -2.20. The predicted molar refractivity (Wildman–Crippen MR) is 70.1 cm³/mol. The number of nitrogens with one attached hydrogen (secondary N) is 1. The molecule has 0 aliphatic heterocycles. The van der Waals surface area contributed by atoms with Crippen molar-refractivity contribution in [3.63, 3.8) is 0 Å². The zero-order chi connectivity index (χ0) is 13.7. The first-order chi connectivity index (χ1) is 9.00. The number of hydrogen-bond acceptors (Lipinski definition) is 3. The summed E-state index contributed by atoms with van der Waals surface area (Å²) in [5, 5.41) is 0.211. The van der Waals surface area contributed by atoms with Gasteiger partial charge in [-0.05, 0) is 19.1 Å². The van der Waals surface area contributed by atoms with Crippen LogP contribution in [0.25, 0.3) is 0 Å². The molecule has 3 rings (SSSR count). The van der Waals surface area contributed by atoms with Gasteiger partial charge in [-0.1, -0.05) is 23.7 Å². The Labute approximate surface area is 113 Å². The van der Waals surface area contributed by atoms with E-state index in [4.69, 9.17) is 11.6 Å². The van der Waals surface area contributed by atoms with Crippen LogP contribution < -0.4 is 5.56 Å². The summed E-state index contributed by atoms with van der Waals surface area (Å²) in [5.74, 6) is -0.723. The van der Waals surface area contributed by atoms with Crippen molar-refractivity contribution < 1.29 is 9.59 Å². The van der Waals surface area contributed by atoms with Crippen LogP contribution in [0.3, 0.4) is 0 Å². The Balaban J connectivity index is 2.39. The first kappa shape index (κ1) is 11.9. The molecule has 0 saturated carbocycles. The third kappa shape index (κ3) is 1.57. The number of carbonyl (C=O) groups is 2. The molecule has 1 aromatic heterocycles. The Morgan fingerprint density at radius 1 is 1.05 bits per heavy atom. The van der Waals surface area contributed by atoms with Gasteiger partial charge in [-0.2, -0.15) is 0 Å². The maximum Gasteiger partial charge on any atom is 0.251 e. The van der Waals surface area contributed by atoms with Gasteiger partial charge in [-0.25, -0.2) is 0 Å². The van der Waals surface area contributed by atoms with Gasteiger partial charge in [0.2, 0.25) is 5.78 Å². The van der Waals surface area contributed by atoms with Crippen LogP contribution >= 0.6 is 11.6 Å². The van der Waals surface area contributed by atoms with E-state index in [9.17, 15) is 14.4 Å². The van der Waals surface area contributed by atoms with E-state index in [0.29, 0.717) is 5.56 Å². The summed E-state index contributed by atoms with van der Waals surface area (Å²) in [4.78, 5) is 38.7. The van der Waals surface area contributed by atoms with Gasteiger partial charge >= 0.3 is 0 Å². The number of pyridine rings is 1. The number of ketones is 2. The summed E-state index contributed by atoms with van der Waals surface area (Å²) < 4.78 is 0. The lowest BCUT2D eigenvalue weighted by molar-refractivity contribution is 0.0975. The SMILES string of the molecule is Cc1cc2c([nH]c1=O)C(=O)c1c(Cl)cccc1C2=O. The van der Waals surface area contributed by atoms with Crippen molar-refractivity contribution in [2.75, 3.05) is 0 Å². The van der Waals surface area contributed by atoms with E-state index in [-0.39, 0.29) is 38.7 Å². The highest BCUT2D eigenvalue weighted by atomic mass is 35.5. The van der Waals surface area contributed by atoms with Crippen LogP contribution in [0.15, 0.2) is 29.1 Å². The topological polar surface area (TPSA) is 67.0 Å². The largest absolute Gasteiger partial charge is 0.318 e. The summed E-state index contributed by atoms with van der Waals surface area (Å²) in [5.41, 5.74) is 0.677. The van der Waals surface area contributed by atoms with Gasteiger partial charge in [-0.15, -0.1) is 0 Å². The van der Waals surface area contributed by atoms with E-state index in [0.717, 1.165) is 0 Å². The van der Waals surface area contributed by atoms with Gasteiger partial charge in [-0.3, -0.25) is 14.4 Å². The van der Waals surface area contributed by atoms with Crippen LogP contribution in [0.2, 0.25) is 5.02 Å². The molecule has 0 unspecified atom stereocenters. The number of fused-ring (bicyclic) bond motifs is 2. The van der Waals surface area contributed by atoms with Crippen molar-refractivity contribution in [1.29, 1.82) is 0 Å². The molecule has 0 amide bonds. The second-order valence-corrected chi connectivity index (χ2v) is 4.80. The highest BCUT2D eigenvalue weighted by Gasteiger charge is 2.32. The van der Waals surface area contributed by atoms with E-state index in [1.165, 1.54) is 6.07 Å². The third-order valence-electron chi connectivity index (χ3n) is 3.18. The lowest BCUT2D eigenvalue weighted by Gasteiger charge is -2.18. The molecule has 1 aromatic carbocycles. The molecule has 0 fully saturated rings. The van der Waals surface area contributed by atoms with Gasteiger partial charge in [0.1, 0.15) is 5.69 Å². The zero-order valence-corrected chi connectivity index (χ0v) is 10.7. The Kier molecular flexibility index (Phi) is 2.43.